The molecule has 9 heteroatoms. The van der Waals surface area contributed by atoms with Crippen LogP contribution in [0.15, 0.2) is 53.6 Å². The zero-order valence-corrected chi connectivity index (χ0v) is 16.4. The highest BCUT2D eigenvalue weighted by atomic mass is 35.5. The predicted octanol–water partition coefficient (Wildman–Crippen LogP) is 3.30. The van der Waals surface area contributed by atoms with E-state index in [9.17, 15) is 13.2 Å². The van der Waals surface area contributed by atoms with Crippen LogP contribution in [0.4, 0.5) is 5.69 Å². The summed E-state index contributed by atoms with van der Waals surface area (Å²) in [6.45, 7) is 1.48. The Kier molecular flexibility index (Phi) is 6.63. The maximum Gasteiger partial charge on any atom is 0.263 e. The fourth-order valence-electron chi connectivity index (χ4n) is 2.24. The summed E-state index contributed by atoms with van der Waals surface area (Å²) < 4.78 is 25.3. The number of rotatable bonds is 6. The summed E-state index contributed by atoms with van der Waals surface area (Å²) in [5.74, 6) is -0.574. The number of amides is 1. The Hall–Kier alpha value is -2.09. The number of hydrazone groups is 1. The van der Waals surface area contributed by atoms with Crippen molar-refractivity contribution in [2.45, 2.75) is 13.0 Å². The van der Waals surface area contributed by atoms with Gasteiger partial charge in [-0.25, -0.2) is 13.8 Å². The molecule has 2 rings (SSSR count). The Morgan fingerprint density at radius 1 is 1.15 bits per heavy atom. The molecule has 0 aliphatic rings. The van der Waals surface area contributed by atoms with Crippen LogP contribution in [0, 0.1) is 0 Å². The molecule has 0 aliphatic carbocycles. The third kappa shape index (κ3) is 5.20. The van der Waals surface area contributed by atoms with Crippen molar-refractivity contribution >= 4 is 51.0 Å². The summed E-state index contributed by atoms with van der Waals surface area (Å²) in [5, 5.41) is 4.62. The number of carbonyl (C=O) groups is 1. The molecule has 138 valence electrons. The topological polar surface area (TPSA) is 78.8 Å². The quantitative estimate of drug-likeness (QED) is 0.582. The van der Waals surface area contributed by atoms with E-state index in [0.717, 1.165) is 10.6 Å². The highest BCUT2D eigenvalue weighted by molar-refractivity contribution is 7.92. The van der Waals surface area contributed by atoms with Crippen molar-refractivity contribution in [1.82, 2.24) is 5.43 Å². The first-order chi connectivity index (χ1) is 12.2. The smallest absolute Gasteiger partial charge is 0.263 e. The molecule has 0 radical (unpaired) electrons. The third-order valence-electron chi connectivity index (χ3n) is 3.43. The molecule has 0 saturated carbocycles. The van der Waals surface area contributed by atoms with Crippen LogP contribution < -0.4 is 9.73 Å². The van der Waals surface area contributed by atoms with Crippen molar-refractivity contribution in [2.24, 2.45) is 5.10 Å². The molecule has 0 heterocycles. The van der Waals surface area contributed by atoms with E-state index in [1.807, 2.05) is 0 Å². The van der Waals surface area contributed by atoms with Crippen molar-refractivity contribution < 1.29 is 13.2 Å². The number of halogens is 2. The number of para-hydroxylation sites is 1. The maximum atomic E-state index is 12.3. The predicted molar refractivity (Wildman–Crippen MR) is 105 cm³/mol. The second-order valence-electron chi connectivity index (χ2n) is 5.48. The van der Waals surface area contributed by atoms with Crippen molar-refractivity contribution in [1.29, 1.82) is 0 Å². The minimum absolute atomic E-state index is 0.364. The Morgan fingerprint density at radius 3 is 2.38 bits per heavy atom. The Morgan fingerprint density at radius 2 is 1.81 bits per heavy atom. The van der Waals surface area contributed by atoms with Gasteiger partial charge in [0.15, 0.2) is 0 Å². The van der Waals surface area contributed by atoms with Crippen molar-refractivity contribution in [2.75, 3.05) is 10.6 Å². The normalized spacial score (nSPS) is 12.8. The highest BCUT2D eigenvalue weighted by Gasteiger charge is 2.28. The van der Waals surface area contributed by atoms with Gasteiger partial charge in [0.1, 0.15) is 6.04 Å². The van der Waals surface area contributed by atoms with Crippen molar-refractivity contribution in [3.8, 4) is 0 Å². The van der Waals surface area contributed by atoms with E-state index < -0.39 is 22.0 Å². The van der Waals surface area contributed by atoms with Gasteiger partial charge in [-0.15, -0.1) is 0 Å². The molecule has 0 fully saturated rings. The minimum Gasteiger partial charge on any atom is -0.271 e. The van der Waals surface area contributed by atoms with Crippen LogP contribution in [0.1, 0.15) is 12.5 Å². The molecule has 1 atom stereocenters. The molecule has 0 unspecified atom stereocenters. The summed E-state index contributed by atoms with van der Waals surface area (Å²) in [7, 11) is -3.66. The molecule has 0 bridgehead atoms. The summed E-state index contributed by atoms with van der Waals surface area (Å²) in [5.41, 5.74) is 3.36. The van der Waals surface area contributed by atoms with E-state index in [1.165, 1.54) is 13.1 Å². The van der Waals surface area contributed by atoms with E-state index in [-0.39, 0.29) is 0 Å². The van der Waals surface area contributed by atoms with Crippen LogP contribution in [-0.4, -0.2) is 32.8 Å². The minimum atomic E-state index is -3.66. The molecule has 0 aliphatic heterocycles. The van der Waals surface area contributed by atoms with E-state index in [0.29, 0.717) is 21.3 Å². The lowest BCUT2D eigenvalue weighted by atomic mass is 10.2. The third-order valence-corrected chi connectivity index (χ3v) is 5.41. The van der Waals surface area contributed by atoms with Gasteiger partial charge in [-0.3, -0.25) is 9.10 Å². The zero-order chi connectivity index (χ0) is 19.3. The molecule has 26 heavy (non-hydrogen) atoms. The van der Waals surface area contributed by atoms with E-state index in [2.05, 4.69) is 10.5 Å². The first-order valence-corrected chi connectivity index (χ1v) is 10.1. The average Bonchev–Trinajstić information content (AvgIpc) is 2.57. The molecule has 1 N–H and O–H groups in total. The molecular weight excluding hydrogens is 397 g/mol. The fourth-order valence-corrected chi connectivity index (χ4v) is 3.72. The molecule has 2 aromatic carbocycles. The molecular formula is C17H17Cl2N3O3S. The molecule has 0 saturated heterocycles. The Labute approximate surface area is 162 Å². The molecule has 2 aromatic rings. The largest absolute Gasteiger partial charge is 0.271 e. The van der Waals surface area contributed by atoms with E-state index >= 15 is 0 Å². The van der Waals surface area contributed by atoms with Crippen molar-refractivity contribution in [3.63, 3.8) is 0 Å². The lowest BCUT2D eigenvalue weighted by molar-refractivity contribution is -0.121. The molecule has 1 amide bonds. The van der Waals surface area contributed by atoms with Crippen LogP contribution in [0.5, 0.6) is 0 Å². The lowest BCUT2D eigenvalue weighted by Crippen LogP contribution is -2.46. The number of benzene rings is 2. The second kappa shape index (κ2) is 8.53. The molecule has 6 nitrogen and oxygen atoms in total. The number of nitrogens with one attached hydrogen (secondary N) is 1. The summed E-state index contributed by atoms with van der Waals surface area (Å²) >= 11 is 11.7. The number of carbonyl (C=O) groups excluding carboxylic acids is 1. The SMILES string of the molecule is C[C@H](C(=O)NN=Cc1ccc(Cl)c(Cl)c1)N(c1ccccc1)S(C)(=O)=O. The second-order valence-corrected chi connectivity index (χ2v) is 8.15. The zero-order valence-electron chi connectivity index (χ0n) is 14.1. The lowest BCUT2D eigenvalue weighted by Gasteiger charge is -2.27. The number of hydrogen-bond acceptors (Lipinski definition) is 4. The first-order valence-electron chi connectivity index (χ1n) is 7.52. The van der Waals surface area contributed by atoms with Gasteiger partial charge in [0.2, 0.25) is 10.0 Å². The van der Waals surface area contributed by atoms with E-state index in [1.54, 1.807) is 48.5 Å². The van der Waals surface area contributed by atoms with E-state index in [4.69, 9.17) is 23.2 Å². The van der Waals surface area contributed by atoms with Gasteiger partial charge in [0, 0.05) is 0 Å². The summed E-state index contributed by atoms with van der Waals surface area (Å²) in [6.07, 6.45) is 2.43. The fraction of sp³-hybridized carbons (Fsp3) is 0.176. The van der Waals surface area contributed by atoms with Gasteiger partial charge in [0.05, 0.1) is 28.2 Å². The average molecular weight is 414 g/mol. The summed E-state index contributed by atoms with van der Waals surface area (Å²) in [6, 6.07) is 12.3. The van der Waals surface area contributed by atoms with Gasteiger partial charge in [-0.2, -0.15) is 5.10 Å². The number of sulfonamides is 1. The number of anilines is 1. The highest BCUT2D eigenvalue weighted by Crippen LogP contribution is 2.22. The van der Waals surface area contributed by atoms with Gasteiger partial charge >= 0.3 is 0 Å². The van der Waals surface area contributed by atoms with Crippen LogP contribution >= 0.6 is 23.2 Å². The number of nitrogens with zero attached hydrogens (tertiary/aromatic N) is 2. The molecule has 0 aromatic heterocycles. The van der Waals surface area contributed by atoms with Gasteiger partial charge in [-0.05, 0) is 36.8 Å². The van der Waals surface area contributed by atoms with Crippen LogP contribution in [0.2, 0.25) is 10.0 Å². The van der Waals surface area contributed by atoms with Crippen LogP contribution in [-0.2, 0) is 14.8 Å². The van der Waals surface area contributed by atoms with Crippen molar-refractivity contribution in [3.05, 3.63) is 64.1 Å². The van der Waals surface area contributed by atoms with Crippen LogP contribution in [0.3, 0.4) is 0 Å². The van der Waals surface area contributed by atoms with Crippen LogP contribution in [0.25, 0.3) is 0 Å². The summed E-state index contributed by atoms with van der Waals surface area (Å²) in [4.78, 5) is 12.3. The maximum absolute atomic E-state index is 12.3. The molecule has 0 spiro atoms. The standard InChI is InChI=1S/C17H17Cl2N3O3S/c1-12(22(26(2,24)25)14-6-4-3-5-7-14)17(23)21-20-11-13-8-9-15(18)16(19)10-13/h3-12H,1-2H3,(H,21,23)/t12-/m1/s1. The number of hydrogen-bond donors (Lipinski definition) is 1. The first kappa shape index (κ1) is 20.2. The van der Waals surface area contributed by atoms with Gasteiger partial charge in [-0.1, -0.05) is 47.5 Å². The van der Waals surface area contributed by atoms with Gasteiger partial charge < -0.3 is 0 Å². The Bertz CT molecular complexity index is 918. The van der Waals surface area contributed by atoms with Gasteiger partial charge in [0.25, 0.3) is 5.91 Å². The Balaban J connectivity index is 2.14. The monoisotopic (exact) mass is 413 g/mol.